The molecule has 0 aliphatic heterocycles. The largest absolute Gasteiger partial charge is 0.234 e. The van der Waals surface area contributed by atoms with Gasteiger partial charge in [-0.2, -0.15) is 25.3 Å². The molecule has 0 saturated carbocycles. The number of isocyanates is 1. The minimum absolute atomic E-state index is 0.291. The fourth-order valence-electron chi connectivity index (χ4n) is 0.771. The SMILES string of the molecule is CC(S)CC(S)CCN=C=O. The Labute approximate surface area is 78.3 Å². The van der Waals surface area contributed by atoms with Gasteiger partial charge in [-0.3, -0.25) is 0 Å². The van der Waals surface area contributed by atoms with Crippen molar-refractivity contribution >= 4 is 31.3 Å². The van der Waals surface area contributed by atoms with Gasteiger partial charge in [0.2, 0.25) is 6.08 Å². The molecule has 0 radical (unpaired) electrons. The van der Waals surface area contributed by atoms with E-state index in [2.05, 4.69) is 30.2 Å². The summed E-state index contributed by atoms with van der Waals surface area (Å²) >= 11 is 8.53. The minimum Gasteiger partial charge on any atom is -0.211 e. The predicted molar refractivity (Wildman–Crippen MR) is 53.4 cm³/mol. The van der Waals surface area contributed by atoms with Crippen LogP contribution >= 0.6 is 25.3 Å². The lowest BCUT2D eigenvalue weighted by molar-refractivity contribution is 0.561. The second-order valence-electron chi connectivity index (χ2n) is 2.50. The lowest BCUT2D eigenvalue weighted by atomic mass is 10.2. The molecule has 4 heteroatoms. The maximum atomic E-state index is 9.68. The lowest BCUT2D eigenvalue weighted by Crippen LogP contribution is -2.06. The third-order valence-corrected chi connectivity index (χ3v) is 1.93. The van der Waals surface area contributed by atoms with Crippen molar-refractivity contribution < 1.29 is 4.79 Å². The predicted octanol–water partition coefficient (Wildman–Crippen LogP) is 1.72. The van der Waals surface area contributed by atoms with Gasteiger partial charge in [-0.05, 0) is 18.1 Å². The summed E-state index contributed by atoms with van der Waals surface area (Å²) in [5.41, 5.74) is 0. The van der Waals surface area contributed by atoms with Crippen LogP contribution in [0.15, 0.2) is 4.99 Å². The zero-order chi connectivity index (χ0) is 8.69. The van der Waals surface area contributed by atoms with Crippen molar-refractivity contribution in [3.63, 3.8) is 0 Å². The van der Waals surface area contributed by atoms with Crippen LogP contribution < -0.4 is 0 Å². The van der Waals surface area contributed by atoms with Gasteiger partial charge in [0.15, 0.2) is 0 Å². The van der Waals surface area contributed by atoms with E-state index in [0.29, 0.717) is 17.0 Å². The highest BCUT2D eigenvalue weighted by Crippen LogP contribution is 2.12. The molecule has 0 aromatic carbocycles. The highest BCUT2D eigenvalue weighted by atomic mass is 32.1. The average molecular weight is 191 g/mol. The van der Waals surface area contributed by atoms with Crippen molar-refractivity contribution in [3.8, 4) is 0 Å². The Kier molecular flexibility index (Phi) is 6.82. The fraction of sp³-hybridized carbons (Fsp3) is 0.857. The summed E-state index contributed by atoms with van der Waals surface area (Å²) < 4.78 is 0. The second-order valence-corrected chi connectivity index (χ2v) is 4.11. The third kappa shape index (κ3) is 7.98. The van der Waals surface area contributed by atoms with E-state index in [9.17, 15) is 4.79 Å². The number of carbonyl (C=O) groups excluding carboxylic acids is 1. The van der Waals surface area contributed by atoms with Crippen LogP contribution in [0.1, 0.15) is 19.8 Å². The first-order chi connectivity index (χ1) is 5.16. The molecule has 11 heavy (non-hydrogen) atoms. The molecule has 0 saturated heterocycles. The van der Waals surface area contributed by atoms with E-state index < -0.39 is 0 Å². The Morgan fingerprint density at radius 1 is 1.55 bits per heavy atom. The number of hydrogen-bond acceptors (Lipinski definition) is 4. The number of hydrogen-bond donors (Lipinski definition) is 2. The zero-order valence-corrected chi connectivity index (χ0v) is 8.31. The Morgan fingerprint density at radius 3 is 2.64 bits per heavy atom. The van der Waals surface area contributed by atoms with Crippen molar-refractivity contribution in [2.45, 2.75) is 30.3 Å². The van der Waals surface area contributed by atoms with E-state index in [0.717, 1.165) is 12.8 Å². The van der Waals surface area contributed by atoms with Gasteiger partial charge >= 0.3 is 0 Å². The Bertz CT molecular complexity index is 143. The second kappa shape index (κ2) is 6.77. The Hall–Kier alpha value is 0.0800. The molecule has 2 unspecified atom stereocenters. The molecule has 0 heterocycles. The van der Waals surface area contributed by atoms with Gasteiger partial charge in [0, 0.05) is 5.25 Å². The lowest BCUT2D eigenvalue weighted by Gasteiger charge is -2.09. The van der Waals surface area contributed by atoms with Crippen LogP contribution in [-0.2, 0) is 4.79 Å². The standard InChI is InChI=1S/C7H13NOS2/c1-6(10)4-7(11)2-3-8-5-9/h6-7,10-11H,2-4H2,1H3. The summed E-state index contributed by atoms with van der Waals surface area (Å²) in [6.07, 6.45) is 3.27. The monoisotopic (exact) mass is 191 g/mol. The number of aliphatic imine (C=N–C) groups is 1. The van der Waals surface area contributed by atoms with Gasteiger partial charge in [-0.25, -0.2) is 9.79 Å². The van der Waals surface area contributed by atoms with Gasteiger partial charge in [-0.15, -0.1) is 0 Å². The summed E-state index contributed by atoms with van der Waals surface area (Å²) in [5, 5.41) is 0.650. The first kappa shape index (κ1) is 11.1. The van der Waals surface area contributed by atoms with Crippen LogP contribution in [0.4, 0.5) is 0 Å². The van der Waals surface area contributed by atoms with Crippen LogP contribution in [0.5, 0.6) is 0 Å². The van der Waals surface area contributed by atoms with Crippen molar-refractivity contribution in [1.82, 2.24) is 0 Å². The van der Waals surface area contributed by atoms with Crippen LogP contribution in [0.3, 0.4) is 0 Å². The molecule has 0 N–H and O–H groups in total. The maximum Gasteiger partial charge on any atom is 0.234 e. The molecule has 0 aromatic heterocycles. The maximum absolute atomic E-state index is 9.68. The topological polar surface area (TPSA) is 29.4 Å². The number of nitrogens with zero attached hydrogens (tertiary/aromatic N) is 1. The number of rotatable bonds is 5. The van der Waals surface area contributed by atoms with E-state index in [1.54, 1.807) is 0 Å². The van der Waals surface area contributed by atoms with Crippen LogP contribution in [-0.4, -0.2) is 23.1 Å². The van der Waals surface area contributed by atoms with Gasteiger partial charge in [0.1, 0.15) is 0 Å². The normalized spacial score (nSPS) is 15.2. The third-order valence-electron chi connectivity index (χ3n) is 1.25. The summed E-state index contributed by atoms with van der Waals surface area (Å²) in [6, 6.07) is 0. The molecule has 2 nitrogen and oxygen atoms in total. The first-order valence-electron chi connectivity index (χ1n) is 3.56. The first-order valence-corrected chi connectivity index (χ1v) is 4.60. The van der Waals surface area contributed by atoms with Crippen molar-refractivity contribution in [2.24, 2.45) is 4.99 Å². The van der Waals surface area contributed by atoms with E-state index in [1.807, 2.05) is 6.92 Å². The van der Waals surface area contributed by atoms with E-state index in [1.165, 1.54) is 6.08 Å². The fourth-order valence-corrected chi connectivity index (χ4v) is 1.62. The molecule has 0 rings (SSSR count). The molecule has 0 bridgehead atoms. The molecule has 0 spiro atoms. The molecular formula is C7H13NOS2. The summed E-state index contributed by atoms with van der Waals surface area (Å²) in [4.78, 5) is 13.1. The average Bonchev–Trinajstić information content (AvgIpc) is 1.86. The van der Waals surface area contributed by atoms with Crippen LogP contribution in [0, 0.1) is 0 Å². The van der Waals surface area contributed by atoms with E-state index in [4.69, 9.17) is 0 Å². The quantitative estimate of drug-likeness (QED) is 0.387. The Morgan fingerprint density at radius 2 is 2.18 bits per heavy atom. The highest BCUT2D eigenvalue weighted by molar-refractivity contribution is 7.81. The number of thiol groups is 2. The van der Waals surface area contributed by atoms with Crippen LogP contribution in [0.2, 0.25) is 0 Å². The zero-order valence-electron chi connectivity index (χ0n) is 6.53. The smallest absolute Gasteiger partial charge is 0.211 e. The van der Waals surface area contributed by atoms with Crippen LogP contribution in [0.25, 0.3) is 0 Å². The van der Waals surface area contributed by atoms with Gasteiger partial charge in [0.25, 0.3) is 0 Å². The van der Waals surface area contributed by atoms with Gasteiger partial charge < -0.3 is 0 Å². The van der Waals surface area contributed by atoms with E-state index >= 15 is 0 Å². The van der Waals surface area contributed by atoms with Gasteiger partial charge in [-0.1, -0.05) is 6.92 Å². The molecule has 0 aromatic rings. The van der Waals surface area contributed by atoms with E-state index in [-0.39, 0.29) is 0 Å². The van der Waals surface area contributed by atoms with Gasteiger partial charge in [0.05, 0.1) is 6.54 Å². The summed E-state index contributed by atoms with van der Waals surface area (Å²) in [7, 11) is 0. The van der Waals surface area contributed by atoms with Crippen molar-refractivity contribution in [3.05, 3.63) is 0 Å². The molecule has 0 aliphatic carbocycles. The molecular weight excluding hydrogens is 178 g/mol. The molecule has 0 fully saturated rings. The minimum atomic E-state index is 0.291. The molecule has 2 atom stereocenters. The highest BCUT2D eigenvalue weighted by Gasteiger charge is 2.04. The Balaban J connectivity index is 3.36. The molecule has 64 valence electrons. The molecule has 0 amide bonds. The summed E-state index contributed by atoms with van der Waals surface area (Å²) in [5.74, 6) is 0. The summed E-state index contributed by atoms with van der Waals surface area (Å²) in [6.45, 7) is 2.55. The van der Waals surface area contributed by atoms with Crippen molar-refractivity contribution in [2.75, 3.05) is 6.54 Å². The van der Waals surface area contributed by atoms with Crippen molar-refractivity contribution in [1.29, 1.82) is 0 Å². The molecule has 0 aliphatic rings.